The molecule has 0 aliphatic carbocycles. The van der Waals surface area contributed by atoms with E-state index < -0.39 is 0 Å². The third kappa shape index (κ3) is 1.08. The van der Waals surface area contributed by atoms with Crippen molar-refractivity contribution in [3.8, 4) is 0 Å². The molecule has 2 heteroatoms. The summed E-state index contributed by atoms with van der Waals surface area (Å²) in [5.74, 6) is 0. The summed E-state index contributed by atoms with van der Waals surface area (Å²) < 4.78 is 0. The van der Waals surface area contributed by atoms with Gasteiger partial charge in [0.2, 0.25) is 0 Å². The van der Waals surface area contributed by atoms with Crippen LogP contribution in [0.4, 0.5) is 0 Å². The monoisotopic (exact) mass is 162 g/mol. The lowest BCUT2D eigenvalue weighted by Gasteiger charge is -1.95. The Morgan fingerprint density at radius 2 is 2.27 bits per heavy atom. The van der Waals surface area contributed by atoms with E-state index in [1.165, 1.54) is 0 Å². The number of rotatable bonds is 0. The van der Waals surface area contributed by atoms with Gasteiger partial charge in [-0.1, -0.05) is 29.8 Å². The van der Waals surface area contributed by atoms with Gasteiger partial charge in [-0.05, 0) is 17.5 Å². The molecule has 1 heterocycles. The van der Waals surface area contributed by atoms with E-state index in [0.717, 1.165) is 10.8 Å². The quantitative estimate of drug-likeness (QED) is 0.543. The molecule has 0 aliphatic rings. The van der Waals surface area contributed by atoms with Gasteiger partial charge in [-0.2, -0.15) is 0 Å². The molecule has 1 aromatic heterocycles. The minimum atomic E-state index is 0.541. The van der Waals surface area contributed by atoms with Crippen LogP contribution in [0.5, 0.6) is 0 Å². The van der Waals surface area contributed by atoms with Gasteiger partial charge in [0.15, 0.2) is 0 Å². The predicted molar refractivity (Wildman–Crippen MR) is 45.6 cm³/mol. The lowest BCUT2D eigenvalue weighted by atomic mass is 10.2. The number of pyridine rings is 1. The first kappa shape index (κ1) is 6.62. The summed E-state index contributed by atoms with van der Waals surface area (Å²) >= 11 is 5.83. The van der Waals surface area contributed by atoms with E-state index in [9.17, 15) is 0 Å². The van der Waals surface area contributed by atoms with E-state index in [0.29, 0.717) is 5.15 Å². The van der Waals surface area contributed by atoms with E-state index >= 15 is 0 Å². The van der Waals surface area contributed by atoms with Gasteiger partial charge in [0.1, 0.15) is 5.15 Å². The van der Waals surface area contributed by atoms with Crippen LogP contribution in [-0.4, -0.2) is 4.98 Å². The van der Waals surface area contributed by atoms with Crippen molar-refractivity contribution in [2.24, 2.45) is 0 Å². The van der Waals surface area contributed by atoms with Crippen molar-refractivity contribution in [3.63, 3.8) is 0 Å². The number of hydrogen-bond acceptors (Lipinski definition) is 1. The fourth-order valence-electron chi connectivity index (χ4n) is 1.01. The first-order valence-corrected chi connectivity index (χ1v) is 3.66. The Hall–Kier alpha value is -1.08. The maximum Gasteiger partial charge on any atom is 0.136 e. The normalized spacial score (nSPS) is 10.3. The third-order valence-corrected chi connectivity index (χ3v) is 1.84. The lowest BCUT2D eigenvalue weighted by Crippen LogP contribution is -1.76. The first-order valence-electron chi connectivity index (χ1n) is 3.29. The Kier molecular flexibility index (Phi) is 1.51. The Morgan fingerprint density at radius 3 is 3.09 bits per heavy atom. The molecule has 2 rings (SSSR count). The van der Waals surface area contributed by atoms with E-state index in [1.807, 2.05) is 24.3 Å². The van der Waals surface area contributed by atoms with Crippen molar-refractivity contribution in [2.45, 2.75) is 0 Å². The molecular weight excluding hydrogens is 158 g/mol. The topological polar surface area (TPSA) is 12.9 Å². The maximum atomic E-state index is 5.83. The Bertz CT molecular complexity index is 379. The van der Waals surface area contributed by atoms with Crippen LogP contribution in [-0.2, 0) is 0 Å². The minimum Gasteiger partial charge on any atom is -0.244 e. The highest BCUT2D eigenvalue weighted by atomic mass is 35.5. The van der Waals surface area contributed by atoms with Crippen LogP contribution in [0, 0.1) is 6.07 Å². The van der Waals surface area contributed by atoms with Gasteiger partial charge in [-0.3, -0.25) is 0 Å². The molecule has 1 aromatic carbocycles. The summed E-state index contributed by atoms with van der Waals surface area (Å²) in [6, 6.07) is 10.6. The SMILES string of the molecule is Clc1nccc2[c]cccc12. The van der Waals surface area contributed by atoms with Crippen molar-refractivity contribution >= 4 is 22.4 Å². The van der Waals surface area contributed by atoms with Crippen LogP contribution in [0.1, 0.15) is 0 Å². The zero-order valence-electron chi connectivity index (χ0n) is 5.71. The molecule has 0 saturated heterocycles. The second-order valence-corrected chi connectivity index (χ2v) is 2.59. The summed E-state index contributed by atoms with van der Waals surface area (Å²) in [6.45, 7) is 0. The predicted octanol–water partition coefficient (Wildman–Crippen LogP) is 2.69. The van der Waals surface area contributed by atoms with E-state index in [1.54, 1.807) is 6.20 Å². The fraction of sp³-hybridized carbons (Fsp3) is 0. The fourth-order valence-corrected chi connectivity index (χ4v) is 1.24. The van der Waals surface area contributed by atoms with Crippen LogP contribution >= 0.6 is 11.6 Å². The van der Waals surface area contributed by atoms with Gasteiger partial charge < -0.3 is 0 Å². The summed E-state index contributed by atoms with van der Waals surface area (Å²) in [6.07, 6.45) is 1.68. The molecule has 53 valence electrons. The molecule has 0 aliphatic heterocycles. The van der Waals surface area contributed by atoms with Crippen LogP contribution < -0.4 is 0 Å². The van der Waals surface area contributed by atoms with Gasteiger partial charge in [0.05, 0.1) is 0 Å². The second-order valence-electron chi connectivity index (χ2n) is 2.23. The second kappa shape index (κ2) is 2.51. The van der Waals surface area contributed by atoms with Gasteiger partial charge in [-0.15, -0.1) is 0 Å². The van der Waals surface area contributed by atoms with Crippen molar-refractivity contribution in [2.75, 3.05) is 0 Å². The smallest absolute Gasteiger partial charge is 0.136 e. The van der Waals surface area contributed by atoms with Crippen molar-refractivity contribution in [3.05, 3.63) is 41.7 Å². The summed E-state index contributed by atoms with van der Waals surface area (Å²) in [4.78, 5) is 3.95. The van der Waals surface area contributed by atoms with Crippen molar-refractivity contribution in [1.29, 1.82) is 0 Å². The minimum absolute atomic E-state index is 0.541. The average Bonchev–Trinajstić information content (AvgIpc) is 2.06. The molecule has 2 aromatic rings. The Labute approximate surface area is 69.6 Å². The zero-order chi connectivity index (χ0) is 7.68. The maximum absolute atomic E-state index is 5.83. The zero-order valence-corrected chi connectivity index (χ0v) is 6.47. The van der Waals surface area contributed by atoms with Gasteiger partial charge in [0, 0.05) is 11.6 Å². The van der Waals surface area contributed by atoms with Crippen LogP contribution in [0.15, 0.2) is 30.5 Å². The summed E-state index contributed by atoms with van der Waals surface area (Å²) in [5.41, 5.74) is 0. The van der Waals surface area contributed by atoms with Crippen LogP contribution in [0.2, 0.25) is 5.15 Å². The molecule has 0 saturated carbocycles. The number of halogens is 1. The number of hydrogen-bond donors (Lipinski definition) is 0. The molecule has 1 nitrogen and oxygen atoms in total. The highest BCUT2D eigenvalue weighted by Gasteiger charge is 1.95. The number of fused-ring (bicyclic) bond motifs is 1. The van der Waals surface area contributed by atoms with Gasteiger partial charge >= 0.3 is 0 Å². The van der Waals surface area contributed by atoms with Gasteiger partial charge in [-0.25, -0.2) is 4.98 Å². The molecule has 11 heavy (non-hydrogen) atoms. The first-order chi connectivity index (χ1) is 5.38. The van der Waals surface area contributed by atoms with E-state index in [2.05, 4.69) is 11.1 Å². The number of aromatic nitrogens is 1. The molecule has 0 spiro atoms. The largest absolute Gasteiger partial charge is 0.244 e. The number of benzene rings is 1. The molecule has 0 fully saturated rings. The van der Waals surface area contributed by atoms with E-state index in [4.69, 9.17) is 11.6 Å². The summed E-state index contributed by atoms with van der Waals surface area (Å²) in [7, 11) is 0. The van der Waals surface area contributed by atoms with Gasteiger partial charge in [0.25, 0.3) is 0 Å². The van der Waals surface area contributed by atoms with Crippen LogP contribution in [0.25, 0.3) is 10.8 Å². The van der Waals surface area contributed by atoms with Crippen LogP contribution in [0.3, 0.4) is 0 Å². The molecule has 0 amide bonds. The Balaban J connectivity index is 2.91. The highest BCUT2D eigenvalue weighted by molar-refractivity contribution is 6.34. The number of nitrogens with zero attached hydrogens (tertiary/aromatic N) is 1. The third-order valence-electron chi connectivity index (χ3n) is 1.54. The average molecular weight is 163 g/mol. The standard InChI is InChI=1S/C9H5ClN/c10-9-8-4-2-1-3-7(8)5-6-11-9/h1-2,4-6H. The molecule has 1 radical (unpaired) electrons. The van der Waals surface area contributed by atoms with Crippen molar-refractivity contribution in [1.82, 2.24) is 4.98 Å². The van der Waals surface area contributed by atoms with E-state index in [-0.39, 0.29) is 0 Å². The molecular formula is C9H5ClN. The molecule has 0 atom stereocenters. The molecule has 0 bridgehead atoms. The molecule has 0 unspecified atom stereocenters. The lowest BCUT2D eigenvalue weighted by molar-refractivity contribution is 1.36. The Morgan fingerprint density at radius 1 is 1.36 bits per heavy atom. The molecule has 0 N–H and O–H groups in total. The summed E-state index contributed by atoms with van der Waals surface area (Å²) in [5, 5.41) is 2.50. The van der Waals surface area contributed by atoms with Crippen molar-refractivity contribution < 1.29 is 0 Å². The highest BCUT2D eigenvalue weighted by Crippen LogP contribution is 2.19.